The van der Waals surface area contributed by atoms with E-state index in [1.54, 1.807) is 72.8 Å². The fourth-order valence-corrected chi connectivity index (χ4v) is 2.41. The molecule has 5 nitrogen and oxygen atoms in total. The molecule has 1 N–H and O–H groups in total. The Hall–Kier alpha value is -3.44. The molecule has 0 unspecified atom stereocenters. The van der Waals surface area contributed by atoms with Crippen LogP contribution in [0, 0.1) is 0 Å². The summed E-state index contributed by atoms with van der Waals surface area (Å²) in [5.41, 5.74) is 4.06. The third-order valence-corrected chi connectivity index (χ3v) is 3.80. The summed E-state index contributed by atoms with van der Waals surface area (Å²) >= 11 is 5.85. The summed E-state index contributed by atoms with van der Waals surface area (Å²) < 4.78 is 5.30. The number of hydrogen-bond acceptors (Lipinski definition) is 4. The molecular formula is C21H15ClN2O3. The Kier molecular flexibility index (Phi) is 5.97. The van der Waals surface area contributed by atoms with Crippen LogP contribution in [-0.4, -0.2) is 18.1 Å². The number of carbonyl (C=O) groups is 2. The minimum absolute atomic E-state index is 0.359. The summed E-state index contributed by atoms with van der Waals surface area (Å²) in [6.45, 7) is 0. The number of hydrogen-bond donors (Lipinski definition) is 1. The molecule has 0 aliphatic heterocycles. The summed E-state index contributed by atoms with van der Waals surface area (Å²) in [7, 11) is 0. The Bertz CT molecular complexity index is 970. The van der Waals surface area contributed by atoms with Gasteiger partial charge >= 0.3 is 5.97 Å². The van der Waals surface area contributed by atoms with Crippen molar-refractivity contribution in [3.63, 3.8) is 0 Å². The van der Waals surface area contributed by atoms with Gasteiger partial charge in [0.1, 0.15) is 5.75 Å². The van der Waals surface area contributed by atoms with E-state index >= 15 is 0 Å². The molecule has 0 saturated carbocycles. The summed E-state index contributed by atoms with van der Waals surface area (Å²) in [4.78, 5) is 24.0. The normalized spacial score (nSPS) is 10.6. The first-order chi connectivity index (χ1) is 13.1. The van der Waals surface area contributed by atoms with E-state index in [-0.39, 0.29) is 5.91 Å². The van der Waals surface area contributed by atoms with Crippen molar-refractivity contribution in [3.8, 4) is 5.75 Å². The van der Waals surface area contributed by atoms with E-state index in [2.05, 4.69) is 10.5 Å². The Morgan fingerprint density at radius 1 is 0.889 bits per heavy atom. The molecule has 3 aromatic rings. The van der Waals surface area contributed by atoms with Crippen LogP contribution in [0.2, 0.25) is 5.02 Å². The SMILES string of the molecule is O=C(NN=Cc1ccc(OC(=O)c2ccccc2)cc1)c1cccc(Cl)c1. The van der Waals surface area contributed by atoms with Crippen LogP contribution in [0.1, 0.15) is 26.3 Å². The smallest absolute Gasteiger partial charge is 0.343 e. The molecule has 0 bridgehead atoms. The van der Waals surface area contributed by atoms with Crippen LogP contribution in [0.15, 0.2) is 84.0 Å². The average Bonchev–Trinajstić information content (AvgIpc) is 2.70. The number of benzene rings is 3. The van der Waals surface area contributed by atoms with Gasteiger partial charge in [-0.25, -0.2) is 10.2 Å². The highest BCUT2D eigenvalue weighted by Crippen LogP contribution is 2.14. The number of esters is 1. The van der Waals surface area contributed by atoms with Crippen LogP contribution >= 0.6 is 11.6 Å². The van der Waals surface area contributed by atoms with Crippen LogP contribution in [-0.2, 0) is 0 Å². The average molecular weight is 379 g/mol. The van der Waals surface area contributed by atoms with Crippen LogP contribution in [0.4, 0.5) is 0 Å². The Balaban J connectivity index is 1.56. The Morgan fingerprint density at radius 3 is 2.30 bits per heavy atom. The molecule has 3 aromatic carbocycles. The zero-order valence-electron chi connectivity index (χ0n) is 14.1. The Labute approximate surface area is 161 Å². The van der Waals surface area contributed by atoms with E-state index in [9.17, 15) is 9.59 Å². The van der Waals surface area contributed by atoms with Gasteiger partial charge in [-0.1, -0.05) is 35.9 Å². The summed E-state index contributed by atoms with van der Waals surface area (Å²) in [6.07, 6.45) is 1.49. The molecule has 0 aromatic heterocycles. The van der Waals surface area contributed by atoms with E-state index < -0.39 is 5.97 Å². The topological polar surface area (TPSA) is 67.8 Å². The van der Waals surface area contributed by atoms with Gasteiger partial charge in [-0.05, 0) is 60.2 Å². The van der Waals surface area contributed by atoms with Crippen LogP contribution < -0.4 is 10.2 Å². The molecule has 0 atom stereocenters. The van der Waals surface area contributed by atoms with Crippen molar-refractivity contribution in [2.24, 2.45) is 5.10 Å². The predicted octanol–water partition coefficient (Wildman–Crippen LogP) is 4.32. The number of carbonyl (C=O) groups excluding carboxylic acids is 2. The maximum Gasteiger partial charge on any atom is 0.343 e. The molecule has 0 saturated heterocycles. The number of nitrogens with one attached hydrogen (secondary N) is 1. The molecule has 0 aliphatic rings. The fourth-order valence-electron chi connectivity index (χ4n) is 2.22. The predicted molar refractivity (Wildman–Crippen MR) is 104 cm³/mol. The van der Waals surface area contributed by atoms with Gasteiger partial charge in [-0.15, -0.1) is 0 Å². The van der Waals surface area contributed by atoms with E-state index in [4.69, 9.17) is 16.3 Å². The maximum atomic E-state index is 12.0. The largest absolute Gasteiger partial charge is 0.423 e. The van der Waals surface area contributed by atoms with Gasteiger partial charge in [0.2, 0.25) is 0 Å². The van der Waals surface area contributed by atoms with Crippen LogP contribution in [0.25, 0.3) is 0 Å². The first-order valence-corrected chi connectivity index (χ1v) is 8.46. The highest BCUT2D eigenvalue weighted by atomic mass is 35.5. The van der Waals surface area contributed by atoms with Crippen molar-refractivity contribution in [3.05, 3.63) is 101 Å². The monoisotopic (exact) mass is 378 g/mol. The lowest BCUT2D eigenvalue weighted by Crippen LogP contribution is -2.17. The highest BCUT2D eigenvalue weighted by molar-refractivity contribution is 6.30. The van der Waals surface area contributed by atoms with Gasteiger partial charge in [0, 0.05) is 10.6 Å². The molecule has 0 spiro atoms. The summed E-state index contributed by atoms with van der Waals surface area (Å²) in [5.74, 6) is -0.364. The first kappa shape index (κ1) is 18.4. The number of ether oxygens (including phenoxy) is 1. The van der Waals surface area contributed by atoms with Gasteiger partial charge in [0.15, 0.2) is 0 Å². The molecule has 134 valence electrons. The highest BCUT2D eigenvalue weighted by Gasteiger charge is 2.07. The van der Waals surface area contributed by atoms with Crippen molar-refractivity contribution in [2.75, 3.05) is 0 Å². The van der Waals surface area contributed by atoms with Gasteiger partial charge in [0.25, 0.3) is 5.91 Å². The second-order valence-electron chi connectivity index (χ2n) is 5.53. The van der Waals surface area contributed by atoms with Gasteiger partial charge in [-0.2, -0.15) is 5.10 Å². The fraction of sp³-hybridized carbons (Fsp3) is 0. The number of halogens is 1. The van der Waals surface area contributed by atoms with E-state index in [0.29, 0.717) is 21.9 Å². The molecule has 0 aliphatic carbocycles. The zero-order chi connectivity index (χ0) is 19.1. The van der Waals surface area contributed by atoms with E-state index in [1.165, 1.54) is 6.21 Å². The number of amides is 1. The van der Waals surface area contributed by atoms with Crippen LogP contribution in [0.5, 0.6) is 5.75 Å². The molecule has 6 heteroatoms. The number of hydrazone groups is 1. The molecule has 3 rings (SSSR count). The van der Waals surface area contributed by atoms with Crippen LogP contribution in [0.3, 0.4) is 0 Å². The minimum atomic E-state index is -0.425. The lowest BCUT2D eigenvalue weighted by Gasteiger charge is -2.04. The lowest BCUT2D eigenvalue weighted by atomic mass is 10.2. The molecule has 0 fully saturated rings. The van der Waals surface area contributed by atoms with Gasteiger partial charge < -0.3 is 4.74 Å². The maximum absolute atomic E-state index is 12.0. The quantitative estimate of drug-likeness (QED) is 0.311. The molecule has 1 amide bonds. The third-order valence-electron chi connectivity index (χ3n) is 3.57. The van der Waals surface area contributed by atoms with Gasteiger partial charge in [-0.3, -0.25) is 4.79 Å². The van der Waals surface area contributed by atoms with Crippen molar-refractivity contribution < 1.29 is 14.3 Å². The second kappa shape index (κ2) is 8.78. The molecule has 0 radical (unpaired) electrons. The van der Waals surface area contributed by atoms with Crippen molar-refractivity contribution in [1.82, 2.24) is 5.43 Å². The van der Waals surface area contributed by atoms with Crippen molar-refractivity contribution >= 4 is 29.7 Å². The van der Waals surface area contributed by atoms with Crippen molar-refractivity contribution in [1.29, 1.82) is 0 Å². The third kappa shape index (κ3) is 5.26. The summed E-state index contributed by atoms with van der Waals surface area (Å²) in [5, 5.41) is 4.39. The van der Waals surface area contributed by atoms with Crippen molar-refractivity contribution in [2.45, 2.75) is 0 Å². The zero-order valence-corrected chi connectivity index (χ0v) is 14.9. The van der Waals surface area contributed by atoms with Gasteiger partial charge in [0.05, 0.1) is 11.8 Å². The van der Waals surface area contributed by atoms with E-state index in [1.807, 2.05) is 6.07 Å². The molecular weight excluding hydrogens is 364 g/mol. The minimum Gasteiger partial charge on any atom is -0.423 e. The standard InChI is InChI=1S/C21H15ClN2O3/c22-18-8-4-7-17(13-18)20(25)24-23-14-15-9-11-19(12-10-15)27-21(26)16-5-2-1-3-6-16/h1-14H,(H,24,25). The first-order valence-electron chi connectivity index (χ1n) is 8.08. The second-order valence-corrected chi connectivity index (χ2v) is 5.97. The molecule has 0 heterocycles. The Morgan fingerprint density at radius 2 is 1.59 bits per heavy atom. The number of rotatable bonds is 5. The van der Waals surface area contributed by atoms with E-state index in [0.717, 1.165) is 5.56 Å². The number of nitrogens with zero attached hydrogens (tertiary/aromatic N) is 1. The lowest BCUT2D eigenvalue weighted by molar-refractivity contribution is 0.0734. The summed E-state index contributed by atoms with van der Waals surface area (Å²) in [6, 6.07) is 22.1. The molecule has 27 heavy (non-hydrogen) atoms.